The fourth-order valence-electron chi connectivity index (χ4n) is 0.869. The first-order chi connectivity index (χ1) is 6.49. The Bertz CT molecular complexity index is 393. The number of aromatic hydroxyl groups is 1. The van der Waals surface area contributed by atoms with Gasteiger partial charge < -0.3 is 9.84 Å². The summed E-state index contributed by atoms with van der Waals surface area (Å²) in [4.78, 5) is 10.9. The van der Waals surface area contributed by atoms with E-state index in [1.807, 2.05) is 0 Å². The average Bonchev–Trinajstić information content (AvgIpc) is 2.14. The first kappa shape index (κ1) is 10.9. The molecule has 1 aromatic rings. The zero-order valence-corrected chi connectivity index (χ0v) is 8.56. The first-order valence-electron chi connectivity index (χ1n) is 3.43. The van der Waals surface area contributed by atoms with Crippen LogP contribution in [0, 0.1) is 11.6 Å². The minimum atomic E-state index is -1.34. The Balaban J connectivity index is 3.44. The molecule has 0 saturated heterocycles. The molecule has 1 N–H and O–H groups in total. The highest BCUT2D eigenvalue weighted by Crippen LogP contribution is 2.31. The van der Waals surface area contributed by atoms with Crippen molar-refractivity contribution in [2.24, 2.45) is 0 Å². The topological polar surface area (TPSA) is 46.5 Å². The van der Waals surface area contributed by atoms with Crippen molar-refractivity contribution in [1.82, 2.24) is 0 Å². The first-order valence-corrected chi connectivity index (χ1v) is 4.23. The third-order valence-electron chi connectivity index (χ3n) is 1.54. The SMILES string of the molecule is COC(=O)c1c(F)cc(Br)c(O)c1F. The predicted octanol–water partition coefficient (Wildman–Crippen LogP) is 2.22. The molecular formula is C8H5BrF2O3. The molecule has 0 saturated carbocycles. The van der Waals surface area contributed by atoms with Gasteiger partial charge in [0.1, 0.15) is 11.4 Å². The van der Waals surface area contributed by atoms with E-state index < -0.39 is 28.9 Å². The number of carbonyl (C=O) groups is 1. The van der Waals surface area contributed by atoms with Gasteiger partial charge in [-0.1, -0.05) is 0 Å². The molecule has 0 atom stereocenters. The maximum Gasteiger partial charge on any atom is 0.344 e. The van der Waals surface area contributed by atoms with Crippen molar-refractivity contribution in [2.45, 2.75) is 0 Å². The molecule has 0 heterocycles. The summed E-state index contributed by atoms with van der Waals surface area (Å²) >= 11 is 2.72. The van der Waals surface area contributed by atoms with Gasteiger partial charge in [-0.05, 0) is 22.0 Å². The molecule has 0 bridgehead atoms. The number of benzene rings is 1. The van der Waals surface area contributed by atoms with E-state index in [-0.39, 0.29) is 4.47 Å². The Morgan fingerprint density at radius 2 is 2.14 bits per heavy atom. The highest BCUT2D eigenvalue weighted by molar-refractivity contribution is 9.10. The van der Waals surface area contributed by atoms with Crippen LogP contribution in [-0.4, -0.2) is 18.2 Å². The second-order valence-corrected chi connectivity index (χ2v) is 3.22. The number of rotatable bonds is 1. The molecule has 76 valence electrons. The predicted molar refractivity (Wildman–Crippen MR) is 47.1 cm³/mol. The number of esters is 1. The van der Waals surface area contributed by atoms with Crippen LogP contribution in [0.5, 0.6) is 5.75 Å². The minimum Gasteiger partial charge on any atom is -0.504 e. The highest BCUT2D eigenvalue weighted by Gasteiger charge is 2.23. The number of phenolic OH excluding ortho intramolecular Hbond substituents is 1. The Morgan fingerprint density at radius 1 is 1.57 bits per heavy atom. The van der Waals surface area contributed by atoms with Crippen LogP contribution in [0.1, 0.15) is 10.4 Å². The van der Waals surface area contributed by atoms with Crippen molar-refractivity contribution in [3.63, 3.8) is 0 Å². The summed E-state index contributed by atoms with van der Waals surface area (Å²) in [5.41, 5.74) is -0.909. The maximum absolute atomic E-state index is 13.1. The number of carbonyl (C=O) groups excluding carboxylic acids is 1. The zero-order chi connectivity index (χ0) is 10.9. The second kappa shape index (κ2) is 3.91. The standard InChI is InChI=1S/C8H5BrF2O3/c1-14-8(13)5-4(10)2-3(9)7(12)6(5)11/h2,12H,1H3. The Morgan fingerprint density at radius 3 is 2.64 bits per heavy atom. The van der Waals surface area contributed by atoms with E-state index in [0.717, 1.165) is 13.2 Å². The Labute approximate surface area is 86.4 Å². The molecule has 1 rings (SSSR count). The van der Waals surface area contributed by atoms with Crippen molar-refractivity contribution in [3.8, 4) is 5.75 Å². The lowest BCUT2D eigenvalue weighted by Crippen LogP contribution is -2.08. The molecule has 0 aliphatic carbocycles. The summed E-state index contributed by atoms with van der Waals surface area (Å²) in [5.74, 6) is -4.45. The molecule has 0 spiro atoms. The van der Waals surface area contributed by atoms with Gasteiger partial charge in [0.25, 0.3) is 0 Å². The molecular weight excluding hydrogens is 262 g/mol. The van der Waals surface area contributed by atoms with Gasteiger partial charge in [0.15, 0.2) is 11.6 Å². The number of phenols is 1. The number of halogens is 3. The second-order valence-electron chi connectivity index (χ2n) is 2.37. The lowest BCUT2D eigenvalue weighted by Gasteiger charge is -2.05. The normalized spacial score (nSPS) is 10.0. The van der Waals surface area contributed by atoms with Crippen LogP contribution in [0.25, 0.3) is 0 Å². The van der Waals surface area contributed by atoms with Crippen LogP contribution >= 0.6 is 15.9 Å². The summed E-state index contributed by atoms with van der Waals surface area (Å²) < 4.78 is 30.2. The zero-order valence-electron chi connectivity index (χ0n) is 6.97. The van der Waals surface area contributed by atoms with Gasteiger partial charge in [-0.25, -0.2) is 13.6 Å². The molecule has 14 heavy (non-hydrogen) atoms. The van der Waals surface area contributed by atoms with Crippen LogP contribution < -0.4 is 0 Å². The van der Waals surface area contributed by atoms with E-state index in [1.165, 1.54) is 0 Å². The Hall–Kier alpha value is -1.17. The fraction of sp³-hybridized carbons (Fsp3) is 0.125. The number of ether oxygens (including phenoxy) is 1. The molecule has 0 aliphatic rings. The molecule has 6 heteroatoms. The molecule has 3 nitrogen and oxygen atoms in total. The summed E-state index contributed by atoms with van der Waals surface area (Å²) in [7, 11) is 0.986. The van der Waals surface area contributed by atoms with Crippen LogP contribution in [0.15, 0.2) is 10.5 Å². The molecule has 0 fully saturated rings. The maximum atomic E-state index is 13.1. The van der Waals surface area contributed by atoms with Gasteiger partial charge in [0, 0.05) is 0 Å². The summed E-state index contributed by atoms with van der Waals surface area (Å²) in [6.07, 6.45) is 0. The smallest absolute Gasteiger partial charge is 0.344 e. The quantitative estimate of drug-likeness (QED) is 0.793. The molecule has 0 aromatic heterocycles. The van der Waals surface area contributed by atoms with E-state index in [1.54, 1.807) is 0 Å². The van der Waals surface area contributed by atoms with Gasteiger partial charge in [-0.15, -0.1) is 0 Å². The molecule has 0 unspecified atom stereocenters. The summed E-state index contributed by atoms with van der Waals surface area (Å²) in [6, 6.07) is 0.782. The fourth-order valence-corrected chi connectivity index (χ4v) is 1.24. The average molecular weight is 267 g/mol. The van der Waals surface area contributed by atoms with Crippen molar-refractivity contribution >= 4 is 21.9 Å². The van der Waals surface area contributed by atoms with Crippen LogP contribution in [-0.2, 0) is 4.74 Å². The van der Waals surface area contributed by atoms with Crippen molar-refractivity contribution in [2.75, 3.05) is 7.11 Å². The van der Waals surface area contributed by atoms with Gasteiger partial charge in [-0.3, -0.25) is 0 Å². The number of hydrogen-bond acceptors (Lipinski definition) is 3. The van der Waals surface area contributed by atoms with Crippen LogP contribution in [0.4, 0.5) is 8.78 Å². The lowest BCUT2D eigenvalue weighted by molar-refractivity contribution is 0.0588. The van der Waals surface area contributed by atoms with Crippen LogP contribution in [0.3, 0.4) is 0 Å². The van der Waals surface area contributed by atoms with E-state index in [0.29, 0.717) is 0 Å². The third-order valence-corrected chi connectivity index (χ3v) is 2.14. The van der Waals surface area contributed by atoms with Gasteiger partial charge in [0.05, 0.1) is 11.6 Å². The van der Waals surface area contributed by atoms with Crippen molar-refractivity contribution in [3.05, 3.63) is 27.7 Å². The Kier molecular flexibility index (Phi) is 3.05. The number of methoxy groups -OCH3 is 1. The largest absolute Gasteiger partial charge is 0.504 e. The van der Waals surface area contributed by atoms with E-state index in [9.17, 15) is 13.6 Å². The monoisotopic (exact) mass is 266 g/mol. The van der Waals surface area contributed by atoms with E-state index in [2.05, 4.69) is 20.7 Å². The number of hydrogen-bond donors (Lipinski definition) is 1. The highest BCUT2D eigenvalue weighted by atomic mass is 79.9. The molecule has 0 amide bonds. The molecule has 0 aliphatic heterocycles. The third kappa shape index (κ3) is 1.70. The van der Waals surface area contributed by atoms with Gasteiger partial charge >= 0.3 is 5.97 Å². The van der Waals surface area contributed by atoms with Gasteiger partial charge in [0.2, 0.25) is 0 Å². The molecule has 0 radical (unpaired) electrons. The summed E-state index contributed by atoms with van der Waals surface area (Å²) in [5, 5.41) is 9.06. The van der Waals surface area contributed by atoms with Crippen LogP contribution in [0.2, 0.25) is 0 Å². The lowest BCUT2D eigenvalue weighted by atomic mass is 10.2. The minimum absolute atomic E-state index is 0.167. The van der Waals surface area contributed by atoms with Crippen molar-refractivity contribution in [1.29, 1.82) is 0 Å². The molecule has 1 aromatic carbocycles. The van der Waals surface area contributed by atoms with E-state index >= 15 is 0 Å². The van der Waals surface area contributed by atoms with E-state index in [4.69, 9.17) is 5.11 Å². The summed E-state index contributed by atoms with van der Waals surface area (Å²) in [6.45, 7) is 0. The van der Waals surface area contributed by atoms with Crippen molar-refractivity contribution < 1.29 is 23.4 Å². The van der Waals surface area contributed by atoms with Gasteiger partial charge in [-0.2, -0.15) is 0 Å².